The fourth-order valence-corrected chi connectivity index (χ4v) is 3.72. The number of morpholine rings is 1. The number of carbonyl (C=O) groups excluding carboxylic acids is 2. The molecule has 2 aliphatic rings. The number of anilines is 1. The van der Waals surface area contributed by atoms with E-state index in [2.05, 4.69) is 0 Å². The highest BCUT2D eigenvalue weighted by Crippen LogP contribution is 2.35. The third-order valence-electron chi connectivity index (χ3n) is 5.11. The van der Waals surface area contributed by atoms with E-state index in [9.17, 15) is 9.59 Å². The molecule has 5 heteroatoms. The van der Waals surface area contributed by atoms with Crippen molar-refractivity contribution in [2.75, 3.05) is 37.7 Å². The summed E-state index contributed by atoms with van der Waals surface area (Å²) in [5.74, 6) is -0.722. The van der Waals surface area contributed by atoms with Crippen molar-refractivity contribution in [1.82, 2.24) is 4.90 Å². The molecule has 2 fully saturated rings. The van der Waals surface area contributed by atoms with Crippen molar-refractivity contribution in [2.24, 2.45) is 5.92 Å². The molecule has 0 bridgehead atoms. The second-order valence-corrected chi connectivity index (χ2v) is 6.65. The number of para-hydroxylation sites is 1. The topological polar surface area (TPSA) is 49.9 Å². The molecule has 0 aliphatic carbocycles. The third kappa shape index (κ3) is 3.10. The number of benzene rings is 2. The lowest BCUT2D eigenvalue weighted by molar-refractivity contribution is -0.143. The van der Waals surface area contributed by atoms with E-state index in [1.807, 2.05) is 54.6 Å². The molecule has 2 aromatic rings. The number of hydrogen-bond donors (Lipinski definition) is 0. The van der Waals surface area contributed by atoms with Gasteiger partial charge in [0.05, 0.1) is 18.9 Å². The first-order valence-corrected chi connectivity index (χ1v) is 9.08. The predicted octanol–water partition coefficient (Wildman–Crippen LogP) is 2.57. The number of carbonyl (C=O) groups is 2. The van der Waals surface area contributed by atoms with Gasteiger partial charge in [-0.2, -0.15) is 0 Å². The lowest BCUT2D eigenvalue weighted by Crippen LogP contribution is -2.45. The van der Waals surface area contributed by atoms with Crippen LogP contribution in [0.3, 0.4) is 0 Å². The van der Waals surface area contributed by atoms with E-state index in [1.165, 1.54) is 0 Å². The summed E-state index contributed by atoms with van der Waals surface area (Å²) in [6.07, 6.45) is 0.568. The van der Waals surface area contributed by atoms with Crippen molar-refractivity contribution in [3.63, 3.8) is 0 Å². The molecule has 2 amide bonds. The SMILES string of the molecule is O=C(C1CCN(c2ccccc2-c2ccccc2)C1=O)N1CCOCC1. The number of ether oxygens (including phenoxy) is 1. The van der Waals surface area contributed by atoms with Crippen LogP contribution in [0.25, 0.3) is 11.1 Å². The molecule has 2 heterocycles. The maximum Gasteiger partial charge on any atom is 0.239 e. The van der Waals surface area contributed by atoms with Gasteiger partial charge in [0.15, 0.2) is 0 Å². The Bertz CT molecular complexity index is 800. The highest BCUT2D eigenvalue weighted by molar-refractivity contribution is 6.11. The average Bonchev–Trinajstić information content (AvgIpc) is 3.10. The summed E-state index contributed by atoms with van der Waals surface area (Å²) in [4.78, 5) is 29.3. The summed E-state index contributed by atoms with van der Waals surface area (Å²) in [6, 6.07) is 17.9. The Labute approximate surface area is 153 Å². The van der Waals surface area contributed by atoms with E-state index >= 15 is 0 Å². The molecule has 2 aromatic carbocycles. The van der Waals surface area contributed by atoms with Gasteiger partial charge in [-0.25, -0.2) is 0 Å². The molecule has 2 aliphatic heterocycles. The zero-order valence-electron chi connectivity index (χ0n) is 14.6. The van der Waals surface area contributed by atoms with Gasteiger partial charge >= 0.3 is 0 Å². The molecule has 1 unspecified atom stereocenters. The van der Waals surface area contributed by atoms with Crippen LogP contribution in [-0.4, -0.2) is 49.6 Å². The Morgan fingerprint density at radius 2 is 1.62 bits per heavy atom. The Balaban J connectivity index is 1.58. The van der Waals surface area contributed by atoms with Crippen LogP contribution < -0.4 is 4.90 Å². The van der Waals surface area contributed by atoms with Crippen molar-refractivity contribution < 1.29 is 14.3 Å². The standard InChI is InChI=1S/C21H22N2O3/c24-20(22-12-14-26-15-13-22)18-10-11-23(21(18)25)19-9-5-4-8-17(19)16-6-2-1-3-7-16/h1-9,18H,10-15H2. The molecule has 5 nitrogen and oxygen atoms in total. The highest BCUT2D eigenvalue weighted by Gasteiger charge is 2.40. The zero-order valence-corrected chi connectivity index (χ0v) is 14.6. The van der Waals surface area contributed by atoms with Gasteiger partial charge in [-0.1, -0.05) is 48.5 Å². The summed E-state index contributed by atoms with van der Waals surface area (Å²) < 4.78 is 5.31. The van der Waals surface area contributed by atoms with Crippen LogP contribution in [0.2, 0.25) is 0 Å². The molecule has 4 rings (SSSR count). The van der Waals surface area contributed by atoms with E-state index in [4.69, 9.17) is 4.74 Å². The summed E-state index contributed by atoms with van der Waals surface area (Å²) in [6.45, 7) is 2.82. The number of amides is 2. The summed E-state index contributed by atoms with van der Waals surface area (Å²) in [5, 5.41) is 0. The van der Waals surface area contributed by atoms with E-state index in [0.29, 0.717) is 39.3 Å². The van der Waals surface area contributed by atoms with Crippen molar-refractivity contribution in [2.45, 2.75) is 6.42 Å². The van der Waals surface area contributed by atoms with Crippen LogP contribution in [0.1, 0.15) is 6.42 Å². The van der Waals surface area contributed by atoms with Gasteiger partial charge in [0, 0.05) is 25.2 Å². The van der Waals surface area contributed by atoms with Gasteiger partial charge in [0.2, 0.25) is 11.8 Å². The monoisotopic (exact) mass is 350 g/mol. The minimum absolute atomic E-state index is 0.0574. The van der Waals surface area contributed by atoms with E-state index < -0.39 is 5.92 Å². The molecule has 1 atom stereocenters. The largest absolute Gasteiger partial charge is 0.378 e. The van der Waals surface area contributed by atoms with Gasteiger partial charge in [-0.05, 0) is 18.1 Å². The van der Waals surface area contributed by atoms with Crippen LogP contribution in [0.15, 0.2) is 54.6 Å². The van der Waals surface area contributed by atoms with Crippen LogP contribution in [-0.2, 0) is 14.3 Å². The minimum Gasteiger partial charge on any atom is -0.378 e. The van der Waals surface area contributed by atoms with Crippen molar-refractivity contribution in [1.29, 1.82) is 0 Å². The maximum absolute atomic E-state index is 13.0. The van der Waals surface area contributed by atoms with Gasteiger partial charge < -0.3 is 14.5 Å². The number of nitrogens with zero attached hydrogens (tertiary/aromatic N) is 2. The lowest BCUT2D eigenvalue weighted by Gasteiger charge is -2.28. The molecule has 0 spiro atoms. The van der Waals surface area contributed by atoms with Crippen LogP contribution in [0.5, 0.6) is 0 Å². The second-order valence-electron chi connectivity index (χ2n) is 6.65. The predicted molar refractivity (Wildman–Crippen MR) is 99.7 cm³/mol. The smallest absolute Gasteiger partial charge is 0.239 e. The van der Waals surface area contributed by atoms with Gasteiger partial charge in [0.25, 0.3) is 0 Å². The van der Waals surface area contributed by atoms with Gasteiger partial charge in [0.1, 0.15) is 5.92 Å². The zero-order chi connectivity index (χ0) is 17.9. The first kappa shape index (κ1) is 16.8. The Hall–Kier alpha value is -2.66. The molecular weight excluding hydrogens is 328 g/mol. The first-order valence-electron chi connectivity index (χ1n) is 9.08. The summed E-state index contributed by atoms with van der Waals surface area (Å²) in [7, 11) is 0. The summed E-state index contributed by atoms with van der Waals surface area (Å²) in [5.41, 5.74) is 2.96. The van der Waals surface area contributed by atoms with Gasteiger partial charge in [-0.3, -0.25) is 9.59 Å². The number of hydrogen-bond acceptors (Lipinski definition) is 3. The lowest BCUT2D eigenvalue weighted by atomic mass is 10.0. The molecule has 0 aromatic heterocycles. The summed E-state index contributed by atoms with van der Waals surface area (Å²) >= 11 is 0. The van der Waals surface area contributed by atoms with Crippen LogP contribution in [0.4, 0.5) is 5.69 Å². The first-order chi connectivity index (χ1) is 12.8. The van der Waals surface area contributed by atoms with Gasteiger partial charge in [-0.15, -0.1) is 0 Å². The molecule has 0 radical (unpaired) electrons. The molecular formula is C21H22N2O3. The highest BCUT2D eigenvalue weighted by atomic mass is 16.5. The normalized spacial score (nSPS) is 20.5. The van der Waals surface area contributed by atoms with Crippen LogP contribution in [0, 0.1) is 5.92 Å². The van der Waals surface area contributed by atoms with E-state index in [1.54, 1.807) is 9.80 Å². The van der Waals surface area contributed by atoms with Crippen molar-refractivity contribution in [3.05, 3.63) is 54.6 Å². The maximum atomic E-state index is 13.0. The van der Waals surface area contributed by atoms with E-state index in [0.717, 1.165) is 16.8 Å². The van der Waals surface area contributed by atoms with Crippen LogP contribution >= 0.6 is 0 Å². The second kappa shape index (κ2) is 7.30. The Morgan fingerprint density at radius 1 is 0.923 bits per heavy atom. The Morgan fingerprint density at radius 3 is 2.38 bits per heavy atom. The molecule has 0 saturated carbocycles. The van der Waals surface area contributed by atoms with Crippen molar-refractivity contribution in [3.8, 4) is 11.1 Å². The molecule has 0 N–H and O–H groups in total. The average molecular weight is 350 g/mol. The minimum atomic E-state index is -0.572. The fourth-order valence-electron chi connectivity index (χ4n) is 3.72. The third-order valence-corrected chi connectivity index (χ3v) is 5.11. The number of rotatable bonds is 3. The quantitative estimate of drug-likeness (QED) is 0.800. The fraction of sp³-hybridized carbons (Fsp3) is 0.333. The van der Waals surface area contributed by atoms with E-state index in [-0.39, 0.29) is 11.8 Å². The molecule has 2 saturated heterocycles. The van der Waals surface area contributed by atoms with Crippen molar-refractivity contribution >= 4 is 17.5 Å². The molecule has 26 heavy (non-hydrogen) atoms. The molecule has 134 valence electrons. The Kier molecular flexibility index (Phi) is 4.71.